The van der Waals surface area contributed by atoms with Crippen molar-refractivity contribution in [3.05, 3.63) is 53.3 Å². The number of hydrogen-bond acceptors (Lipinski definition) is 5. The maximum absolute atomic E-state index is 13.3. The summed E-state index contributed by atoms with van der Waals surface area (Å²) in [4.78, 5) is 12.5. The summed E-state index contributed by atoms with van der Waals surface area (Å²) in [5, 5.41) is 2.32. The average Bonchev–Trinajstić information content (AvgIpc) is 3.09. The molecule has 0 fully saturated rings. The number of rotatable bonds is 7. The van der Waals surface area contributed by atoms with Gasteiger partial charge in [-0.05, 0) is 54.8 Å². The van der Waals surface area contributed by atoms with Crippen molar-refractivity contribution >= 4 is 27.0 Å². The summed E-state index contributed by atoms with van der Waals surface area (Å²) in [6.45, 7) is -0.814. The van der Waals surface area contributed by atoms with Crippen LogP contribution in [0.5, 0.6) is 5.75 Å². The van der Waals surface area contributed by atoms with Crippen LogP contribution >= 0.6 is 0 Å². The van der Waals surface area contributed by atoms with Crippen LogP contribution in [-0.4, -0.2) is 33.6 Å². The van der Waals surface area contributed by atoms with Crippen molar-refractivity contribution in [2.45, 2.75) is 18.3 Å². The lowest BCUT2D eigenvalue weighted by Crippen LogP contribution is -2.28. The fraction of sp³-hybridized carbons (Fsp3) is 0.250. The Balaban J connectivity index is 2.27. The molecule has 1 N–H and O–H groups in total. The van der Waals surface area contributed by atoms with E-state index in [2.05, 4.69) is 9.50 Å². The normalized spacial score (nSPS) is 12.2. The zero-order valence-electron chi connectivity index (χ0n) is 16.4. The van der Waals surface area contributed by atoms with Gasteiger partial charge in [-0.25, -0.2) is 4.39 Å². The Hall–Kier alpha value is -3.15. The molecular weight excluding hydrogens is 461 g/mol. The average molecular weight is 477 g/mol. The smallest absolute Gasteiger partial charge is 0.455 e. The molecule has 1 heterocycles. The van der Waals surface area contributed by atoms with Crippen molar-refractivity contribution in [3.8, 4) is 17.1 Å². The molecule has 0 aliphatic carbocycles. The van der Waals surface area contributed by atoms with Crippen molar-refractivity contribution in [2.24, 2.45) is 0 Å². The SMILES string of the molecule is CNC(=O)c1c(-c2ccc(F)cc2)oc2cc(CCCF)c(OS(=O)(=O)C(F)(F)F)cc12. The van der Waals surface area contributed by atoms with Crippen LogP contribution in [0.1, 0.15) is 22.3 Å². The monoisotopic (exact) mass is 477 g/mol. The van der Waals surface area contributed by atoms with Crippen molar-refractivity contribution in [1.82, 2.24) is 5.32 Å². The summed E-state index contributed by atoms with van der Waals surface area (Å²) in [7, 11) is -4.72. The van der Waals surface area contributed by atoms with E-state index >= 15 is 0 Å². The summed E-state index contributed by atoms with van der Waals surface area (Å²) < 4.78 is 97.7. The second kappa shape index (κ2) is 8.77. The van der Waals surface area contributed by atoms with E-state index < -0.39 is 39.8 Å². The summed E-state index contributed by atoms with van der Waals surface area (Å²) in [5.74, 6) is -1.97. The molecule has 0 bridgehead atoms. The molecule has 0 spiro atoms. The minimum absolute atomic E-state index is 0.0216. The van der Waals surface area contributed by atoms with Crippen molar-refractivity contribution in [2.75, 3.05) is 13.7 Å². The number of fused-ring (bicyclic) bond motifs is 1. The summed E-state index contributed by atoms with van der Waals surface area (Å²) in [5.41, 5.74) is -5.57. The molecule has 2 aromatic carbocycles. The first-order chi connectivity index (χ1) is 15.0. The van der Waals surface area contributed by atoms with Gasteiger partial charge in [0, 0.05) is 18.0 Å². The minimum atomic E-state index is -6.02. The molecule has 0 radical (unpaired) electrons. The van der Waals surface area contributed by atoms with Crippen LogP contribution in [0.2, 0.25) is 0 Å². The highest BCUT2D eigenvalue weighted by molar-refractivity contribution is 7.88. The van der Waals surface area contributed by atoms with E-state index in [0.29, 0.717) is 0 Å². The van der Waals surface area contributed by atoms with Crippen LogP contribution in [0.4, 0.5) is 22.0 Å². The van der Waals surface area contributed by atoms with E-state index in [-0.39, 0.29) is 46.3 Å². The van der Waals surface area contributed by atoms with Gasteiger partial charge in [0.25, 0.3) is 5.91 Å². The number of benzene rings is 2. The Bertz CT molecular complexity index is 1250. The second-order valence-electron chi connectivity index (χ2n) is 6.62. The van der Waals surface area contributed by atoms with Crippen LogP contribution in [0.25, 0.3) is 22.3 Å². The van der Waals surface area contributed by atoms with Gasteiger partial charge in [-0.1, -0.05) is 0 Å². The summed E-state index contributed by atoms with van der Waals surface area (Å²) >= 11 is 0. The van der Waals surface area contributed by atoms with E-state index in [4.69, 9.17) is 4.42 Å². The maximum Gasteiger partial charge on any atom is 0.534 e. The summed E-state index contributed by atoms with van der Waals surface area (Å²) in [6.07, 6.45) is -0.279. The zero-order valence-corrected chi connectivity index (χ0v) is 17.2. The van der Waals surface area contributed by atoms with E-state index in [1.54, 1.807) is 0 Å². The van der Waals surface area contributed by atoms with Gasteiger partial charge in [-0.3, -0.25) is 9.18 Å². The fourth-order valence-corrected chi connectivity index (χ4v) is 3.50. The molecule has 0 saturated heterocycles. The number of aryl methyl sites for hydroxylation is 1. The van der Waals surface area contributed by atoms with Crippen molar-refractivity contribution in [3.63, 3.8) is 0 Å². The molecule has 172 valence electrons. The summed E-state index contributed by atoms with van der Waals surface area (Å²) in [6, 6.07) is 7.00. The van der Waals surface area contributed by atoms with Crippen LogP contribution in [0.3, 0.4) is 0 Å². The van der Waals surface area contributed by atoms with Crippen LogP contribution in [-0.2, 0) is 16.5 Å². The molecule has 0 saturated carbocycles. The van der Waals surface area contributed by atoms with Gasteiger partial charge in [0.2, 0.25) is 0 Å². The standard InChI is InChI=1S/C20H16F5NO5S/c1-26-19(27)17-14-10-15(31-32(28,29)20(23,24)25)12(3-2-8-21)9-16(14)30-18(17)11-4-6-13(22)7-5-11/h4-7,9-10H,2-3,8H2,1H3,(H,26,27). The van der Waals surface area contributed by atoms with Gasteiger partial charge < -0.3 is 13.9 Å². The predicted octanol–water partition coefficient (Wildman–Crippen LogP) is 4.73. The largest absolute Gasteiger partial charge is 0.534 e. The lowest BCUT2D eigenvalue weighted by atomic mass is 10.0. The second-order valence-corrected chi connectivity index (χ2v) is 8.16. The highest BCUT2D eigenvalue weighted by Crippen LogP contribution is 2.39. The first-order valence-corrected chi connectivity index (χ1v) is 10.5. The van der Waals surface area contributed by atoms with Crippen LogP contribution in [0.15, 0.2) is 40.8 Å². The Morgan fingerprint density at radius 1 is 1.16 bits per heavy atom. The van der Waals surface area contributed by atoms with E-state index in [1.807, 2.05) is 0 Å². The number of amides is 1. The quantitative estimate of drug-likeness (QED) is 0.302. The van der Waals surface area contributed by atoms with Crippen LogP contribution < -0.4 is 9.50 Å². The number of carbonyl (C=O) groups excluding carboxylic acids is 1. The Labute approximate surface area is 179 Å². The third kappa shape index (κ3) is 4.54. The van der Waals surface area contributed by atoms with Gasteiger partial charge in [-0.2, -0.15) is 21.6 Å². The van der Waals surface area contributed by atoms with Crippen molar-refractivity contribution < 1.29 is 43.8 Å². The lowest BCUT2D eigenvalue weighted by molar-refractivity contribution is -0.0500. The Morgan fingerprint density at radius 2 is 1.81 bits per heavy atom. The number of nitrogens with one attached hydrogen (secondary N) is 1. The maximum atomic E-state index is 13.3. The fourth-order valence-electron chi connectivity index (χ4n) is 3.02. The van der Waals surface area contributed by atoms with Gasteiger partial charge in [-0.15, -0.1) is 0 Å². The molecule has 0 aliphatic heterocycles. The highest BCUT2D eigenvalue weighted by Gasteiger charge is 2.49. The topological polar surface area (TPSA) is 85.6 Å². The molecule has 3 aromatic rings. The van der Waals surface area contributed by atoms with E-state index in [9.17, 15) is 35.2 Å². The van der Waals surface area contributed by atoms with E-state index in [0.717, 1.165) is 18.2 Å². The van der Waals surface area contributed by atoms with E-state index in [1.165, 1.54) is 25.2 Å². The third-order valence-corrected chi connectivity index (χ3v) is 5.46. The molecule has 0 atom stereocenters. The predicted molar refractivity (Wildman–Crippen MR) is 105 cm³/mol. The molecule has 6 nitrogen and oxygen atoms in total. The molecule has 0 aliphatic rings. The Morgan fingerprint density at radius 3 is 2.38 bits per heavy atom. The van der Waals surface area contributed by atoms with Gasteiger partial charge >= 0.3 is 15.6 Å². The van der Waals surface area contributed by atoms with Gasteiger partial charge in [0.15, 0.2) is 0 Å². The van der Waals surface area contributed by atoms with Gasteiger partial charge in [0.05, 0.1) is 12.2 Å². The molecule has 32 heavy (non-hydrogen) atoms. The van der Waals surface area contributed by atoms with Crippen molar-refractivity contribution in [1.29, 1.82) is 0 Å². The third-order valence-electron chi connectivity index (χ3n) is 4.49. The molecule has 1 amide bonds. The molecular formula is C20H16F5NO5S. The lowest BCUT2D eigenvalue weighted by Gasteiger charge is -2.13. The molecule has 12 heteroatoms. The molecule has 1 aromatic heterocycles. The van der Waals surface area contributed by atoms with Crippen LogP contribution in [0, 0.1) is 5.82 Å². The Kier molecular flexibility index (Phi) is 6.44. The van der Waals surface area contributed by atoms with Gasteiger partial charge in [0.1, 0.15) is 22.9 Å². The number of halogens is 5. The zero-order chi connectivity index (χ0) is 23.7. The highest BCUT2D eigenvalue weighted by atomic mass is 32.2. The molecule has 3 rings (SSSR count). The first kappa shape index (κ1) is 23.5. The number of carbonyl (C=O) groups is 1. The first-order valence-electron chi connectivity index (χ1n) is 9.12. The number of alkyl halides is 4. The number of hydrogen-bond donors (Lipinski definition) is 1. The number of furan rings is 1. The molecule has 0 unspecified atom stereocenters. The minimum Gasteiger partial charge on any atom is -0.455 e.